The number of carbonyl (C=O) groups is 1. The van der Waals surface area contributed by atoms with Crippen LogP contribution < -0.4 is 10.1 Å². The van der Waals surface area contributed by atoms with E-state index < -0.39 is 6.09 Å². The summed E-state index contributed by atoms with van der Waals surface area (Å²) < 4.78 is 5.37. The highest BCUT2D eigenvalue weighted by molar-refractivity contribution is 6.43. The molecule has 0 aliphatic rings. The minimum atomic E-state index is -0.625. The first-order valence-corrected chi connectivity index (χ1v) is 7.31. The third-order valence-electron chi connectivity index (χ3n) is 3.14. The van der Waals surface area contributed by atoms with Crippen LogP contribution in [0.2, 0.25) is 10.0 Å². The number of rotatable bonds is 2. The van der Waals surface area contributed by atoms with E-state index in [1.807, 2.05) is 36.4 Å². The third kappa shape index (κ3) is 3.01. The van der Waals surface area contributed by atoms with Crippen molar-refractivity contribution in [3.63, 3.8) is 0 Å². The van der Waals surface area contributed by atoms with Crippen molar-refractivity contribution in [3.8, 4) is 5.75 Å². The Morgan fingerprint density at radius 1 is 0.909 bits per heavy atom. The summed E-state index contributed by atoms with van der Waals surface area (Å²) in [6, 6.07) is 18.2. The Labute approximate surface area is 137 Å². The maximum atomic E-state index is 12.1. The van der Waals surface area contributed by atoms with Crippen LogP contribution in [-0.4, -0.2) is 6.09 Å². The van der Waals surface area contributed by atoms with Crippen molar-refractivity contribution in [2.75, 3.05) is 5.32 Å². The van der Waals surface area contributed by atoms with Crippen LogP contribution in [0.4, 0.5) is 10.5 Å². The van der Waals surface area contributed by atoms with E-state index in [4.69, 9.17) is 27.9 Å². The lowest BCUT2D eigenvalue weighted by Gasteiger charge is -2.10. The summed E-state index contributed by atoms with van der Waals surface area (Å²) in [5.74, 6) is 0.480. The Morgan fingerprint density at radius 3 is 2.50 bits per heavy atom. The monoisotopic (exact) mass is 331 g/mol. The molecule has 22 heavy (non-hydrogen) atoms. The lowest BCUT2D eigenvalue weighted by molar-refractivity contribution is 0.215. The van der Waals surface area contributed by atoms with Gasteiger partial charge in [0.1, 0.15) is 5.75 Å². The van der Waals surface area contributed by atoms with E-state index in [2.05, 4.69) is 5.32 Å². The molecular formula is C17H11Cl2NO2. The predicted octanol–water partition coefficient (Wildman–Crippen LogP) is 5.76. The van der Waals surface area contributed by atoms with Crippen molar-refractivity contribution in [3.05, 3.63) is 70.7 Å². The Morgan fingerprint density at radius 2 is 1.64 bits per heavy atom. The molecule has 3 aromatic carbocycles. The SMILES string of the molecule is O=C(Nc1cccc(Cl)c1Cl)Oc1cccc2ccccc12. The van der Waals surface area contributed by atoms with Gasteiger partial charge in [-0.05, 0) is 23.6 Å². The molecule has 0 heterocycles. The average molecular weight is 332 g/mol. The Bertz CT molecular complexity index is 844. The normalized spacial score (nSPS) is 10.5. The van der Waals surface area contributed by atoms with Gasteiger partial charge in [0.15, 0.2) is 0 Å². The van der Waals surface area contributed by atoms with E-state index in [1.54, 1.807) is 24.3 Å². The molecule has 3 aromatic rings. The minimum Gasteiger partial charge on any atom is -0.409 e. The van der Waals surface area contributed by atoms with E-state index in [1.165, 1.54) is 0 Å². The number of carbonyl (C=O) groups excluding carboxylic acids is 1. The molecule has 3 nitrogen and oxygen atoms in total. The van der Waals surface area contributed by atoms with Crippen molar-refractivity contribution in [1.82, 2.24) is 0 Å². The lowest BCUT2D eigenvalue weighted by atomic mass is 10.1. The summed E-state index contributed by atoms with van der Waals surface area (Å²) in [6.07, 6.45) is -0.625. The van der Waals surface area contributed by atoms with Gasteiger partial charge in [0.05, 0.1) is 15.7 Å². The summed E-state index contributed by atoms with van der Waals surface area (Å²) in [5, 5.41) is 5.08. The summed E-state index contributed by atoms with van der Waals surface area (Å²) in [4.78, 5) is 12.1. The highest BCUT2D eigenvalue weighted by Crippen LogP contribution is 2.30. The molecule has 5 heteroatoms. The largest absolute Gasteiger partial charge is 0.417 e. The molecule has 0 fully saturated rings. The van der Waals surface area contributed by atoms with E-state index in [0.29, 0.717) is 16.5 Å². The molecule has 0 aromatic heterocycles. The van der Waals surface area contributed by atoms with Crippen molar-refractivity contribution in [1.29, 1.82) is 0 Å². The molecule has 1 N–H and O–H groups in total. The van der Waals surface area contributed by atoms with Crippen LogP contribution in [0.3, 0.4) is 0 Å². The summed E-state index contributed by atoms with van der Waals surface area (Å²) >= 11 is 11.9. The van der Waals surface area contributed by atoms with Crippen molar-refractivity contribution in [2.24, 2.45) is 0 Å². The molecule has 0 saturated carbocycles. The molecule has 110 valence electrons. The first kappa shape index (κ1) is 14.7. The summed E-state index contributed by atoms with van der Waals surface area (Å²) in [6.45, 7) is 0. The molecule has 0 spiro atoms. The number of halogens is 2. The molecule has 3 rings (SSSR count). The van der Waals surface area contributed by atoms with Crippen LogP contribution in [0.15, 0.2) is 60.7 Å². The fourth-order valence-corrected chi connectivity index (χ4v) is 2.47. The topological polar surface area (TPSA) is 38.3 Å². The van der Waals surface area contributed by atoms with Crippen LogP contribution >= 0.6 is 23.2 Å². The Balaban J connectivity index is 1.83. The van der Waals surface area contributed by atoms with Crippen LogP contribution in [0.1, 0.15) is 0 Å². The molecular weight excluding hydrogens is 321 g/mol. The van der Waals surface area contributed by atoms with Gasteiger partial charge >= 0.3 is 6.09 Å². The van der Waals surface area contributed by atoms with Gasteiger partial charge in [-0.15, -0.1) is 0 Å². The second-order valence-electron chi connectivity index (χ2n) is 4.59. The number of anilines is 1. The van der Waals surface area contributed by atoms with Crippen LogP contribution in [0.25, 0.3) is 10.8 Å². The molecule has 1 amide bonds. The molecule has 0 radical (unpaired) electrons. The predicted molar refractivity (Wildman–Crippen MR) is 90.1 cm³/mol. The maximum absolute atomic E-state index is 12.1. The highest BCUT2D eigenvalue weighted by Gasteiger charge is 2.11. The molecule has 0 unspecified atom stereocenters. The Kier molecular flexibility index (Phi) is 4.18. The summed E-state index contributed by atoms with van der Waals surface area (Å²) in [7, 11) is 0. The fourth-order valence-electron chi connectivity index (χ4n) is 2.12. The maximum Gasteiger partial charge on any atom is 0.417 e. The smallest absolute Gasteiger partial charge is 0.409 e. The molecule has 0 aliphatic carbocycles. The zero-order chi connectivity index (χ0) is 15.5. The number of nitrogens with one attached hydrogen (secondary N) is 1. The number of hydrogen-bond donors (Lipinski definition) is 1. The van der Waals surface area contributed by atoms with Crippen LogP contribution in [0.5, 0.6) is 5.75 Å². The summed E-state index contributed by atoms with van der Waals surface area (Å²) in [5.41, 5.74) is 0.402. The van der Waals surface area contributed by atoms with Crippen molar-refractivity contribution >= 4 is 45.8 Å². The lowest BCUT2D eigenvalue weighted by Crippen LogP contribution is -2.17. The van der Waals surface area contributed by atoms with Crippen LogP contribution in [0, 0.1) is 0 Å². The minimum absolute atomic E-state index is 0.277. The number of amides is 1. The van der Waals surface area contributed by atoms with Gasteiger partial charge in [-0.1, -0.05) is 65.7 Å². The van der Waals surface area contributed by atoms with E-state index in [9.17, 15) is 4.79 Å². The van der Waals surface area contributed by atoms with Crippen molar-refractivity contribution < 1.29 is 9.53 Å². The standard InChI is InChI=1S/C17H11Cl2NO2/c18-13-8-4-9-14(16(13)19)20-17(21)22-15-10-3-6-11-5-1-2-7-12(11)15/h1-10H,(H,20,21). The number of hydrogen-bond acceptors (Lipinski definition) is 2. The average Bonchev–Trinajstić information content (AvgIpc) is 2.52. The fraction of sp³-hybridized carbons (Fsp3) is 0. The third-order valence-corrected chi connectivity index (χ3v) is 3.96. The number of fused-ring (bicyclic) bond motifs is 1. The van der Waals surface area contributed by atoms with Gasteiger partial charge in [0, 0.05) is 5.39 Å². The molecule has 0 aliphatic heterocycles. The van der Waals surface area contributed by atoms with Gasteiger partial charge < -0.3 is 4.74 Å². The van der Waals surface area contributed by atoms with E-state index in [0.717, 1.165) is 10.8 Å². The first-order chi connectivity index (χ1) is 10.6. The Hall–Kier alpha value is -2.23. The van der Waals surface area contributed by atoms with E-state index in [-0.39, 0.29) is 5.02 Å². The van der Waals surface area contributed by atoms with Crippen LogP contribution in [-0.2, 0) is 0 Å². The van der Waals surface area contributed by atoms with Gasteiger partial charge in [-0.3, -0.25) is 5.32 Å². The second-order valence-corrected chi connectivity index (χ2v) is 5.38. The molecule has 0 bridgehead atoms. The molecule has 0 saturated heterocycles. The number of ether oxygens (including phenoxy) is 1. The zero-order valence-electron chi connectivity index (χ0n) is 11.3. The van der Waals surface area contributed by atoms with Crippen molar-refractivity contribution in [2.45, 2.75) is 0 Å². The van der Waals surface area contributed by atoms with E-state index >= 15 is 0 Å². The highest BCUT2D eigenvalue weighted by atomic mass is 35.5. The number of benzene rings is 3. The zero-order valence-corrected chi connectivity index (χ0v) is 12.9. The van der Waals surface area contributed by atoms with Gasteiger partial charge in [0.2, 0.25) is 0 Å². The quantitative estimate of drug-likeness (QED) is 0.648. The molecule has 0 atom stereocenters. The van der Waals surface area contributed by atoms with Gasteiger partial charge in [-0.25, -0.2) is 4.79 Å². The first-order valence-electron chi connectivity index (χ1n) is 6.56. The second kappa shape index (κ2) is 6.26. The van der Waals surface area contributed by atoms with Gasteiger partial charge in [-0.2, -0.15) is 0 Å². The van der Waals surface area contributed by atoms with Gasteiger partial charge in [0.25, 0.3) is 0 Å².